The Balaban J connectivity index is 2.40. The highest BCUT2D eigenvalue weighted by Crippen LogP contribution is 2.16. The SMILES string of the molecule is CCc1cc(B(c2cc(CC)c(F)cc2F)c2cc(CC)c(F)cc2F)c(F)cc1F. The molecule has 0 atom stereocenters. The molecule has 3 aromatic rings. The second-order valence-electron chi connectivity index (χ2n) is 7.39. The zero-order valence-corrected chi connectivity index (χ0v) is 17.4. The van der Waals surface area contributed by atoms with E-state index in [9.17, 15) is 26.3 Å². The van der Waals surface area contributed by atoms with Gasteiger partial charge in [-0.05, 0) is 52.3 Å². The molecule has 0 aliphatic heterocycles. The lowest BCUT2D eigenvalue weighted by atomic mass is 9.36. The van der Waals surface area contributed by atoms with E-state index in [1.54, 1.807) is 20.8 Å². The molecule has 7 heteroatoms. The maximum atomic E-state index is 14.9. The van der Waals surface area contributed by atoms with E-state index in [-0.39, 0.29) is 52.3 Å². The van der Waals surface area contributed by atoms with Crippen molar-refractivity contribution < 1.29 is 26.3 Å². The Labute approximate surface area is 178 Å². The van der Waals surface area contributed by atoms with Gasteiger partial charge in [0, 0.05) is 18.2 Å². The van der Waals surface area contributed by atoms with Gasteiger partial charge in [0.1, 0.15) is 34.9 Å². The lowest BCUT2D eigenvalue weighted by molar-refractivity contribution is 0.576. The third-order valence-corrected chi connectivity index (χ3v) is 5.57. The van der Waals surface area contributed by atoms with Crippen molar-refractivity contribution in [3.63, 3.8) is 0 Å². The minimum Gasteiger partial charge on any atom is -0.207 e. The number of halogens is 6. The van der Waals surface area contributed by atoms with Crippen molar-refractivity contribution in [2.75, 3.05) is 0 Å². The van der Waals surface area contributed by atoms with E-state index >= 15 is 0 Å². The van der Waals surface area contributed by atoms with Gasteiger partial charge in [-0.15, -0.1) is 0 Å². The van der Waals surface area contributed by atoms with Gasteiger partial charge < -0.3 is 0 Å². The second kappa shape index (κ2) is 9.21. The number of rotatable bonds is 6. The lowest BCUT2D eigenvalue weighted by Crippen LogP contribution is -2.56. The van der Waals surface area contributed by atoms with Gasteiger partial charge in [0.05, 0.1) is 0 Å². The molecule has 0 spiro atoms. The van der Waals surface area contributed by atoms with Crippen LogP contribution >= 0.6 is 0 Å². The molecule has 0 fully saturated rings. The number of aryl methyl sites for hydroxylation is 3. The van der Waals surface area contributed by atoms with Crippen LogP contribution in [0.3, 0.4) is 0 Å². The molecule has 0 heterocycles. The standard InChI is InChI=1S/C24H21BF6/c1-4-13-7-16(22(29)10-19(13)26)25(17-8-14(5-2)20(27)11-23(17)30)18-9-15(6-3)21(28)12-24(18)31/h7-12H,4-6H2,1-3H3. The highest BCUT2D eigenvalue weighted by Gasteiger charge is 2.32. The Morgan fingerprint density at radius 1 is 0.452 bits per heavy atom. The molecule has 3 rings (SSSR count). The summed E-state index contributed by atoms with van der Waals surface area (Å²) in [6.45, 7) is 3.63. The average molecular weight is 434 g/mol. The first-order valence-corrected chi connectivity index (χ1v) is 10.1. The van der Waals surface area contributed by atoms with Crippen LogP contribution < -0.4 is 16.4 Å². The lowest BCUT2D eigenvalue weighted by Gasteiger charge is -2.20. The number of hydrogen-bond acceptors (Lipinski definition) is 0. The van der Waals surface area contributed by atoms with Crippen molar-refractivity contribution in [1.29, 1.82) is 0 Å². The quantitative estimate of drug-likeness (QED) is 0.389. The molecule has 0 N–H and O–H groups in total. The minimum atomic E-state index is -1.36. The fourth-order valence-corrected chi connectivity index (χ4v) is 3.82. The molecule has 0 saturated carbocycles. The molecule has 0 aliphatic rings. The van der Waals surface area contributed by atoms with Crippen molar-refractivity contribution in [2.24, 2.45) is 0 Å². The van der Waals surface area contributed by atoms with Gasteiger partial charge in [-0.2, -0.15) is 0 Å². The molecule has 162 valence electrons. The third kappa shape index (κ3) is 4.36. The van der Waals surface area contributed by atoms with Crippen LogP contribution in [-0.2, 0) is 19.3 Å². The molecule has 0 aromatic heterocycles. The molecule has 31 heavy (non-hydrogen) atoms. The normalized spacial score (nSPS) is 11.1. The summed E-state index contributed by atoms with van der Waals surface area (Å²) < 4.78 is 87.2. The Hall–Kier alpha value is -2.70. The maximum Gasteiger partial charge on any atom is 0.252 e. The van der Waals surface area contributed by atoms with Gasteiger partial charge in [0.15, 0.2) is 0 Å². The van der Waals surface area contributed by atoms with Gasteiger partial charge in [0.2, 0.25) is 0 Å². The summed E-state index contributed by atoms with van der Waals surface area (Å²) in [6, 6.07) is 5.68. The van der Waals surface area contributed by atoms with Gasteiger partial charge >= 0.3 is 0 Å². The van der Waals surface area contributed by atoms with Crippen molar-refractivity contribution >= 4 is 23.1 Å². The van der Waals surface area contributed by atoms with E-state index in [2.05, 4.69) is 0 Å². The molecule has 0 radical (unpaired) electrons. The van der Waals surface area contributed by atoms with Gasteiger partial charge in [0.25, 0.3) is 6.71 Å². The summed E-state index contributed by atoms with van der Waals surface area (Å²) >= 11 is 0. The Kier molecular flexibility index (Phi) is 6.82. The molecule has 0 amide bonds. The summed E-state index contributed by atoms with van der Waals surface area (Å²) in [5.41, 5.74) is -0.0104. The molecular formula is C24H21BF6. The van der Waals surface area contributed by atoms with Crippen molar-refractivity contribution in [2.45, 2.75) is 40.0 Å². The number of hydrogen-bond donors (Lipinski definition) is 0. The highest BCUT2D eigenvalue weighted by molar-refractivity contribution is 6.95. The zero-order valence-electron chi connectivity index (χ0n) is 17.4. The first-order valence-electron chi connectivity index (χ1n) is 10.1. The van der Waals surface area contributed by atoms with Gasteiger partial charge in [-0.3, -0.25) is 0 Å². The van der Waals surface area contributed by atoms with Crippen LogP contribution in [0.5, 0.6) is 0 Å². The van der Waals surface area contributed by atoms with Gasteiger partial charge in [-0.25, -0.2) is 26.3 Å². The first kappa shape index (κ1) is 23.0. The van der Waals surface area contributed by atoms with E-state index in [1.807, 2.05) is 0 Å². The topological polar surface area (TPSA) is 0 Å². The van der Waals surface area contributed by atoms with Gasteiger partial charge in [-0.1, -0.05) is 39.0 Å². The van der Waals surface area contributed by atoms with E-state index in [4.69, 9.17) is 0 Å². The fourth-order valence-electron chi connectivity index (χ4n) is 3.82. The van der Waals surface area contributed by atoms with Crippen molar-refractivity contribution in [3.05, 3.63) is 88.0 Å². The zero-order chi connectivity index (χ0) is 22.9. The minimum absolute atomic E-state index is 0.165. The second-order valence-corrected chi connectivity index (χ2v) is 7.39. The molecule has 0 aliphatic carbocycles. The molecule has 0 bridgehead atoms. The van der Waals surface area contributed by atoms with Crippen molar-refractivity contribution in [1.82, 2.24) is 0 Å². The monoisotopic (exact) mass is 434 g/mol. The van der Waals surface area contributed by atoms with Crippen molar-refractivity contribution in [3.8, 4) is 0 Å². The summed E-state index contributed by atoms with van der Waals surface area (Å²) in [7, 11) is 0. The summed E-state index contributed by atoms with van der Waals surface area (Å²) in [4.78, 5) is 0. The van der Waals surface area contributed by atoms with E-state index in [0.717, 1.165) is 0 Å². The van der Waals surface area contributed by atoms with Crippen LogP contribution in [0.15, 0.2) is 36.4 Å². The Morgan fingerprint density at radius 2 is 0.710 bits per heavy atom. The first-order chi connectivity index (χ1) is 14.7. The molecule has 0 unspecified atom stereocenters. The van der Waals surface area contributed by atoms with Crippen LogP contribution in [0.2, 0.25) is 0 Å². The third-order valence-electron chi connectivity index (χ3n) is 5.57. The van der Waals surface area contributed by atoms with Crippen LogP contribution in [0, 0.1) is 34.9 Å². The maximum absolute atomic E-state index is 14.9. The molecular weight excluding hydrogens is 413 g/mol. The van der Waals surface area contributed by atoms with Crippen LogP contribution in [-0.4, -0.2) is 6.71 Å². The summed E-state index contributed by atoms with van der Waals surface area (Å²) in [5, 5.41) is 0. The summed E-state index contributed by atoms with van der Waals surface area (Å²) in [5.74, 6) is -5.31. The number of benzene rings is 3. The van der Waals surface area contributed by atoms with Crippen LogP contribution in [0.25, 0.3) is 0 Å². The average Bonchev–Trinajstić information content (AvgIpc) is 2.72. The predicted molar refractivity (Wildman–Crippen MR) is 112 cm³/mol. The Morgan fingerprint density at radius 3 is 0.935 bits per heavy atom. The smallest absolute Gasteiger partial charge is 0.207 e. The molecule has 3 aromatic carbocycles. The molecule has 0 nitrogen and oxygen atoms in total. The molecule has 0 saturated heterocycles. The summed E-state index contributed by atoms with van der Waals surface area (Å²) in [6.07, 6.45) is 0.679. The van der Waals surface area contributed by atoms with E-state index < -0.39 is 41.6 Å². The fraction of sp³-hybridized carbons (Fsp3) is 0.250. The van der Waals surface area contributed by atoms with Crippen LogP contribution in [0.1, 0.15) is 37.5 Å². The largest absolute Gasteiger partial charge is 0.252 e. The van der Waals surface area contributed by atoms with Crippen LogP contribution in [0.4, 0.5) is 26.3 Å². The van der Waals surface area contributed by atoms with E-state index in [0.29, 0.717) is 18.2 Å². The van der Waals surface area contributed by atoms with E-state index in [1.165, 1.54) is 18.2 Å². The predicted octanol–water partition coefficient (Wildman–Crippen LogP) is 4.72. The Bertz CT molecular complexity index is 984. The highest BCUT2D eigenvalue weighted by atomic mass is 19.2.